The second-order valence-electron chi connectivity index (χ2n) is 2.30. The van der Waals surface area contributed by atoms with Crippen LogP contribution in [-0.2, 0) is 14.8 Å². The van der Waals surface area contributed by atoms with Crippen molar-refractivity contribution in [3.63, 3.8) is 0 Å². The number of hydrogen-bond donors (Lipinski definition) is 1. The van der Waals surface area contributed by atoms with Crippen molar-refractivity contribution in [2.24, 2.45) is 0 Å². The highest BCUT2D eigenvalue weighted by Crippen LogP contribution is 1.89. The van der Waals surface area contributed by atoms with Gasteiger partial charge in [0.25, 0.3) is 0 Å². The van der Waals surface area contributed by atoms with Crippen LogP contribution in [0.3, 0.4) is 0 Å². The van der Waals surface area contributed by atoms with E-state index < -0.39 is 10.0 Å². The van der Waals surface area contributed by atoms with Gasteiger partial charge in [-0.2, -0.15) is 0 Å². The smallest absolute Gasteiger partial charge is 0.211 e. The second kappa shape index (κ2) is 6.16. The summed E-state index contributed by atoms with van der Waals surface area (Å²) in [4.78, 5) is 0. The van der Waals surface area contributed by atoms with E-state index in [1.807, 2.05) is 0 Å². The van der Waals surface area contributed by atoms with Gasteiger partial charge < -0.3 is 4.74 Å². The van der Waals surface area contributed by atoms with Crippen molar-refractivity contribution in [1.82, 2.24) is 4.72 Å². The molecule has 0 aromatic rings. The lowest BCUT2D eigenvalue weighted by molar-refractivity contribution is 0.199. The van der Waals surface area contributed by atoms with Gasteiger partial charge in [0.15, 0.2) is 0 Å². The Kier molecular flexibility index (Phi) is 5.96. The SMILES string of the molecule is C=CCNS(=O)(=O)CCCOC. The molecule has 5 heteroatoms. The molecule has 0 fully saturated rings. The molecule has 0 amide bonds. The third kappa shape index (κ3) is 6.33. The predicted molar refractivity (Wildman–Crippen MR) is 48.5 cm³/mol. The highest BCUT2D eigenvalue weighted by atomic mass is 32.2. The summed E-state index contributed by atoms with van der Waals surface area (Å²) in [5.74, 6) is 0.106. The Balaban J connectivity index is 3.64. The fourth-order valence-corrected chi connectivity index (χ4v) is 1.67. The Morgan fingerprint density at radius 1 is 1.58 bits per heavy atom. The van der Waals surface area contributed by atoms with E-state index in [9.17, 15) is 8.42 Å². The molecule has 0 aromatic heterocycles. The van der Waals surface area contributed by atoms with Crippen LogP contribution in [0.15, 0.2) is 12.7 Å². The first-order valence-electron chi connectivity index (χ1n) is 3.69. The van der Waals surface area contributed by atoms with E-state index in [0.29, 0.717) is 13.0 Å². The van der Waals surface area contributed by atoms with Gasteiger partial charge in [-0.3, -0.25) is 0 Å². The largest absolute Gasteiger partial charge is 0.385 e. The van der Waals surface area contributed by atoms with Gasteiger partial charge in [0.2, 0.25) is 10.0 Å². The molecular weight excluding hydrogens is 178 g/mol. The first-order chi connectivity index (χ1) is 5.62. The number of rotatable bonds is 7. The van der Waals surface area contributed by atoms with Gasteiger partial charge in [0.1, 0.15) is 0 Å². The van der Waals surface area contributed by atoms with E-state index in [0.717, 1.165) is 0 Å². The molecule has 0 atom stereocenters. The molecule has 4 nitrogen and oxygen atoms in total. The molecule has 0 aliphatic rings. The summed E-state index contributed by atoms with van der Waals surface area (Å²) in [6.45, 7) is 4.16. The zero-order valence-corrected chi connectivity index (χ0v) is 8.06. The topological polar surface area (TPSA) is 55.4 Å². The molecule has 0 saturated carbocycles. The highest BCUT2D eigenvalue weighted by molar-refractivity contribution is 7.89. The Hall–Kier alpha value is -0.390. The molecule has 0 bridgehead atoms. The van der Waals surface area contributed by atoms with Gasteiger partial charge in [-0.05, 0) is 6.42 Å². The van der Waals surface area contributed by atoms with Crippen LogP contribution in [0, 0.1) is 0 Å². The van der Waals surface area contributed by atoms with Gasteiger partial charge in [0.05, 0.1) is 5.75 Å². The van der Waals surface area contributed by atoms with E-state index in [1.165, 1.54) is 6.08 Å². The van der Waals surface area contributed by atoms with Gasteiger partial charge in [0, 0.05) is 20.3 Å². The molecule has 1 N–H and O–H groups in total. The minimum absolute atomic E-state index is 0.106. The number of methoxy groups -OCH3 is 1. The second-order valence-corrected chi connectivity index (χ2v) is 4.23. The van der Waals surface area contributed by atoms with E-state index in [-0.39, 0.29) is 12.3 Å². The van der Waals surface area contributed by atoms with Gasteiger partial charge in [-0.15, -0.1) is 6.58 Å². The summed E-state index contributed by atoms with van der Waals surface area (Å²) < 4.78 is 29.2. The van der Waals surface area contributed by atoms with E-state index in [4.69, 9.17) is 4.74 Å². The molecule has 0 spiro atoms. The summed E-state index contributed by atoms with van der Waals surface area (Å²) in [5.41, 5.74) is 0. The van der Waals surface area contributed by atoms with Crippen molar-refractivity contribution in [1.29, 1.82) is 0 Å². The Morgan fingerprint density at radius 3 is 2.75 bits per heavy atom. The lowest BCUT2D eigenvalue weighted by Crippen LogP contribution is -2.26. The van der Waals surface area contributed by atoms with Gasteiger partial charge >= 0.3 is 0 Å². The molecule has 0 aromatic carbocycles. The Morgan fingerprint density at radius 2 is 2.25 bits per heavy atom. The van der Waals surface area contributed by atoms with Crippen LogP contribution in [0.25, 0.3) is 0 Å². The molecule has 0 aliphatic heterocycles. The summed E-state index contributed by atoms with van der Waals surface area (Å²) in [6.07, 6.45) is 2.02. The first-order valence-corrected chi connectivity index (χ1v) is 5.35. The van der Waals surface area contributed by atoms with Crippen LogP contribution in [-0.4, -0.2) is 34.4 Å². The molecular formula is C7H15NO3S. The zero-order valence-electron chi connectivity index (χ0n) is 7.25. The summed E-state index contributed by atoms with van der Waals surface area (Å²) in [7, 11) is -1.57. The number of sulfonamides is 1. The Bertz CT molecular complexity index is 211. The number of ether oxygens (including phenoxy) is 1. The third-order valence-electron chi connectivity index (χ3n) is 1.21. The van der Waals surface area contributed by atoms with E-state index in [2.05, 4.69) is 11.3 Å². The van der Waals surface area contributed by atoms with Crippen molar-refractivity contribution in [3.8, 4) is 0 Å². The standard InChI is InChI=1S/C7H15NO3S/c1-3-5-8-12(9,10)7-4-6-11-2/h3,8H,1,4-7H2,2H3. The molecule has 72 valence electrons. The van der Waals surface area contributed by atoms with E-state index >= 15 is 0 Å². The Labute approximate surface area is 73.7 Å². The average molecular weight is 193 g/mol. The fourth-order valence-electron chi connectivity index (χ4n) is 0.651. The normalized spacial score (nSPS) is 11.4. The van der Waals surface area contributed by atoms with Crippen molar-refractivity contribution in [2.75, 3.05) is 26.0 Å². The van der Waals surface area contributed by atoms with Crippen molar-refractivity contribution in [2.45, 2.75) is 6.42 Å². The summed E-state index contributed by atoms with van der Waals surface area (Å²) in [6, 6.07) is 0. The monoisotopic (exact) mass is 193 g/mol. The van der Waals surface area contributed by atoms with Gasteiger partial charge in [-0.1, -0.05) is 6.08 Å². The molecule has 0 unspecified atom stereocenters. The zero-order chi connectivity index (χ0) is 9.45. The third-order valence-corrected chi connectivity index (χ3v) is 2.64. The average Bonchev–Trinajstić information content (AvgIpc) is 2.01. The maximum atomic E-state index is 11.0. The van der Waals surface area contributed by atoms with Crippen LogP contribution in [0.2, 0.25) is 0 Å². The minimum Gasteiger partial charge on any atom is -0.385 e. The summed E-state index contributed by atoms with van der Waals surface area (Å²) in [5, 5.41) is 0. The molecule has 0 aliphatic carbocycles. The molecule has 0 radical (unpaired) electrons. The van der Waals surface area contributed by atoms with Gasteiger partial charge in [-0.25, -0.2) is 13.1 Å². The molecule has 0 saturated heterocycles. The van der Waals surface area contributed by atoms with Crippen molar-refractivity contribution in [3.05, 3.63) is 12.7 Å². The molecule has 0 rings (SSSR count). The maximum absolute atomic E-state index is 11.0. The van der Waals surface area contributed by atoms with Crippen LogP contribution in [0.4, 0.5) is 0 Å². The van der Waals surface area contributed by atoms with Crippen LogP contribution in [0.5, 0.6) is 0 Å². The van der Waals surface area contributed by atoms with Crippen molar-refractivity contribution < 1.29 is 13.2 Å². The lowest BCUT2D eigenvalue weighted by Gasteiger charge is -2.02. The van der Waals surface area contributed by atoms with Crippen LogP contribution in [0.1, 0.15) is 6.42 Å². The van der Waals surface area contributed by atoms with Crippen LogP contribution < -0.4 is 4.72 Å². The minimum atomic E-state index is -3.12. The lowest BCUT2D eigenvalue weighted by atomic mass is 10.5. The summed E-state index contributed by atoms with van der Waals surface area (Å²) >= 11 is 0. The van der Waals surface area contributed by atoms with Crippen molar-refractivity contribution >= 4 is 10.0 Å². The molecule has 12 heavy (non-hydrogen) atoms. The number of hydrogen-bond acceptors (Lipinski definition) is 3. The predicted octanol–water partition coefficient (Wildman–Crippen LogP) is 0.128. The first kappa shape index (κ1) is 11.6. The molecule has 0 heterocycles. The number of nitrogens with one attached hydrogen (secondary N) is 1. The highest BCUT2D eigenvalue weighted by Gasteiger charge is 2.06. The fraction of sp³-hybridized carbons (Fsp3) is 0.714. The van der Waals surface area contributed by atoms with Crippen LogP contribution >= 0.6 is 0 Å². The van der Waals surface area contributed by atoms with E-state index in [1.54, 1.807) is 7.11 Å². The quantitative estimate of drug-likeness (QED) is 0.462. The maximum Gasteiger partial charge on any atom is 0.211 e.